The van der Waals surface area contributed by atoms with Gasteiger partial charge in [0.2, 0.25) is 0 Å². The van der Waals surface area contributed by atoms with E-state index >= 15 is 0 Å². The van der Waals surface area contributed by atoms with Crippen molar-refractivity contribution >= 4 is 11.6 Å². The van der Waals surface area contributed by atoms with Crippen molar-refractivity contribution in [1.82, 2.24) is 0 Å². The fraction of sp³-hybridized carbons (Fsp3) is 0. The fourth-order valence-corrected chi connectivity index (χ4v) is 1.56. The number of hydrogen-bond acceptors (Lipinski definition) is 3. The Balaban J connectivity index is 2.39. The van der Waals surface area contributed by atoms with Crippen LogP contribution in [-0.4, -0.2) is 10.9 Å². The number of benzene rings is 2. The molecule has 0 fully saturated rings. The second-order valence-corrected chi connectivity index (χ2v) is 3.56. The molecule has 0 N–H and O–H groups in total. The van der Waals surface area contributed by atoms with Crippen LogP contribution in [0.15, 0.2) is 60.7 Å². The zero-order valence-electron chi connectivity index (χ0n) is 9.39. The molecule has 2 rings (SSSR count). The molecule has 0 aromatic heterocycles. The minimum Gasteiger partial charge on any atom is -0.262 e. The number of carbonyl (C=O) groups is 1. The van der Waals surface area contributed by atoms with Crippen LogP contribution in [0, 0.1) is 10.1 Å². The molecule has 2 aromatic carbocycles. The predicted octanol–water partition coefficient (Wildman–Crippen LogP) is 2.53. The number of carbonyl (C=O) groups excluding carboxylic acids is 1. The van der Waals surface area contributed by atoms with E-state index in [4.69, 9.17) is 0 Å². The Morgan fingerprint density at radius 2 is 1.44 bits per heavy atom. The van der Waals surface area contributed by atoms with Crippen molar-refractivity contribution in [2.45, 2.75) is 0 Å². The van der Waals surface area contributed by atoms with E-state index in [1.165, 1.54) is 12.1 Å². The van der Waals surface area contributed by atoms with E-state index in [1.807, 2.05) is 0 Å². The molecule has 0 atom stereocenters. The van der Waals surface area contributed by atoms with Crippen molar-refractivity contribution in [2.24, 2.45) is 0 Å². The van der Waals surface area contributed by atoms with Crippen molar-refractivity contribution in [1.29, 1.82) is 0 Å². The van der Waals surface area contributed by atoms with Gasteiger partial charge in [-0.05, 0) is 29.3 Å². The van der Waals surface area contributed by atoms with Crippen LogP contribution >= 0.6 is 0 Å². The monoisotopic (exact) mass is 242 g/mol. The second kappa shape index (κ2) is 5.09. The van der Waals surface area contributed by atoms with Gasteiger partial charge in [-0.1, -0.05) is 36.4 Å². The highest BCUT2D eigenvalue weighted by Crippen LogP contribution is 2.16. The van der Waals surface area contributed by atoms with Crippen LogP contribution < -0.4 is 5.01 Å². The molecular weight excluding hydrogens is 232 g/mol. The lowest BCUT2D eigenvalue weighted by Crippen LogP contribution is -2.36. The van der Waals surface area contributed by atoms with Crippen LogP contribution in [0.1, 0.15) is 10.4 Å². The molecule has 5 heteroatoms. The van der Waals surface area contributed by atoms with Gasteiger partial charge >= 0.3 is 5.91 Å². The molecule has 0 aliphatic rings. The van der Waals surface area contributed by atoms with E-state index in [0.717, 1.165) is 0 Å². The van der Waals surface area contributed by atoms with Gasteiger partial charge < -0.3 is 0 Å². The third-order valence-electron chi connectivity index (χ3n) is 2.38. The van der Waals surface area contributed by atoms with Gasteiger partial charge in [-0.2, -0.15) is 0 Å². The maximum Gasteiger partial charge on any atom is 0.319 e. The Morgan fingerprint density at radius 1 is 0.944 bits per heavy atom. The number of rotatable bonds is 3. The molecule has 0 aliphatic heterocycles. The second-order valence-electron chi connectivity index (χ2n) is 3.56. The van der Waals surface area contributed by atoms with Gasteiger partial charge in [-0.3, -0.25) is 4.79 Å². The Kier molecular flexibility index (Phi) is 3.33. The number of hydrogen-bond donors (Lipinski definition) is 0. The topological polar surface area (TPSA) is 63.5 Å². The largest absolute Gasteiger partial charge is 0.319 e. The highest BCUT2D eigenvalue weighted by Gasteiger charge is 2.27. The van der Waals surface area contributed by atoms with E-state index < -0.39 is 10.9 Å². The van der Waals surface area contributed by atoms with Crippen LogP contribution in [-0.2, 0) is 0 Å². The number of nitro groups is 1. The quantitative estimate of drug-likeness (QED) is 0.613. The maximum atomic E-state index is 12.1. The minimum absolute atomic E-state index is 0.233. The van der Waals surface area contributed by atoms with Gasteiger partial charge in [0.25, 0.3) is 0 Å². The molecular formula is C13H10N2O3. The summed E-state index contributed by atoms with van der Waals surface area (Å²) >= 11 is 0. The first-order valence-electron chi connectivity index (χ1n) is 5.29. The van der Waals surface area contributed by atoms with E-state index in [-0.39, 0.29) is 11.3 Å². The van der Waals surface area contributed by atoms with Gasteiger partial charge in [0.05, 0.1) is 0 Å². The molecule has 0 aliphatic carbocycles. The summed E-state index contributed by atoms with van der Waals surface area (Å²) in [6.45, 7) is 0. The summed E-state index contributed by atoms with van der Waals surface area (Å²) in [4.78, 5) is 23.1. The third-order valence-corrected chi connectivity index (χ3v) is 2.38. The lowest BCUT2D eigenvalue weighted by Gasteiger charge is -2.11. The SMILES string of the molecule is O=C(c1ccccc1)N(c1ccccc1)[N+](=O)[O-]. The molecule has 0 saturated heterocycles. The number of amides is 1. The molecule has 18 heavy (non-hydrogen) atoms. The normalized spacial score (nSPS) is 9.78. The van der Waals surface area contributed by atoms with Crippen LogP contribution in [0.5, 0.6) is 0 Å². The van der Waals surface area contributed by atoms with Gasteiger partial charge in [0.1, 0.15) is 5.69 Å². The standard InChI is InChI=1S/C13H10N2O3/c16-13(11-7-3-1-4-8-11)14(15(17)18)12-9-5-2-6-10-12/h1-10H. The van der Waals surface area contributed by atoms with Gasteiger partial charge in [0.15, 0.2) is 5.03 Å². The molecule has 90 valence electrons. The molecule has 5 nitrogen and oxygen atoms in total. The zero-order chi connectivity index (χ0) is 13.0. The first-order valence-corrected chi connectivity index (χ1v) is 5.29. The van der Waals surface area contributed by atoms with Crippen LogP contribution in [0.2, 0.25) is 0 Å². The third kappa shape index (κ3) is 2.35. The fourth-order valence-electron chi connectivity index (χ4n) is 1.56. The number of anilines is 1. The van der Waals surface area contributed by atoms with Crippen molar-refractivity contribution in [2.75, 3.05) is 5.01 Å². The van der Waals surface area contributed by atoms with Crippen LogP contribution in [0.25, 0.3) is 0 Å². The molecule has 0 spiro atoms. The zero-order valence-corrected chi connectivity index (χ0v) is 9.39. The molecule has 2 aromatic rings. The highest BCUT2D eigenvalue weighted by atomic mass is 16.7. The van der Waals surface area contributed by atoms with Crippen molar-refractivity contribution in [3.8, 4) is 0 Å². The molecule has 0 radical (unpaired) electrons. The summed E-state index contributed by atoms with van der Waals surface area (Å²) in [5.74, 6) is -0.660. The average molecular weight is 242 g/mol. The molecule has 0 heterocycles. The number of nitrogens with zero attached hydrogens (tertiary/aromatic N) is 2. The van der Waals surface area contributed by atoms with Crippen LogP contribution in [0.3, 0.4) is 0 Å². The van der Waals surface area contributed by atoms with E-state index in [2.05, 4.69) is 0 Å². The highest BCUT2D eigenvalue weighted by molar-refractivity contribution is 6.04. The Hall–Kier alpha value is -2.69. The molecule has 1 amide bonds. The lowest BCUT2D eigenvalue weighted by atomic mass is 10.2. The maximum absolute atomic E-state index is 12.1. The Labute approximate surface area is 103 Å². The summed E-state index contributed by atoms with van der Waals surface area (Å²) in [5.41, 5.74) is 0.509. The molecule has 0 saturated carbocycles. The first kappa shape index (κ1) is 11.8. The molecule has 0 bridgehead atoms. The smallest absolute Gasteiger partial charge is 0.262 e. The van der Waals surface area contributed by atoms with Crippen molar-refractivity contribution in [3.05, 3.63) is 76.3 Å². The summed E-state index contributed by atoms with van der Waals surface area (Å²) < 4.78 is 0. The molecule has 0 unspecified atom stereocenters. The number of para-hydroxylation sites is 1. The van der Waals surface area contributed by atoms with Crippen molar-refractivity contribution < 1.29 is 9.83 Å². The van der Waals surface area contributed by atoms with E-state index in [0.29, 0.717) is 5.01 Å². The van der Waals surface area contributed by atoms with Gasteiger partial charge in [-0.15, -0.1) is 0 Å². The number of hydrazine groups is 1. The summed E-state index contributed by atoms with van der Waals surface area (Å²) in [5, 5.41) is 10.8. The van der Waals surface area contributed by atoms with E-state index in [9.17, 15) is 14.9 Å². The summed E-state index contributed by atoms with van der Waals surface area (Å²) in [6, 6.07) is 16.2. The minimum atomic E-state index is -0.718. The lowest BCUT2D eigenvalue weighted by molar-refractivity contribution is -0.481. The predicted molar refractivity (Wildman–Crippen MR) is 66.7 cm³/mol. The van der Waals surface area contributed by atoms with E-state index in [1.54, 1.807) is 48.5 Å². The van der Waals surface area contributed by atoms with Gasteiger partial charge in [0, 0.05) is 5.56 Å². The summed E-state index contributed by atoms with van der Waals surface area (Å²) in [7, 11) is 0. The Morgan fingerprint density at radius 3 is 1.94 bits per heavy atom. The first-order chi connectivity index (χ1) is 8.70. The summed E-state index contributed by atoms with van der Waals surface area (Å²) in [6.07, 6.45) is 0. The van der Waals surface area contributed by atoms with Gasteiger partial charge in [-0.25, -0.2) is 10.1 Å². The van der Waals surface area contributed by atoms with Crippen LogP contribution in [0.4, 0.5) is 5.69 Å². The average Bonchev–Trinajstić information content (AvgIpc) is 2.40. The Bertz CT molecular complexity index is 555. The van der Waals surface area contributed by atoms with Crippen molar-refractivity contribution in [3.63, 3.8) is 0 Å².